The van der Waals surface area contributed by atoms with Crippen molar-refractivity contribution in [3.05, 3.63) is 59.5 Å². The van der Waals surface area contributed by atoms with Crippen LogP contribution >= 0.6 is 11.3 Å². The molecule has 0 aliphatic carbocycles. The summed E-state index contributed by atoms with van der Waals surface area (Å²) in [5.74, 6) is 1.82. The van der Waals surface area contributed by atoms with Crippen LogP contribution in [0.2, 0.25) is 0 Å². The summed E-state index contributed by atoms with van der Waals surface area (Å²) in [6, 6.07) is 12.0. The number of rotatable bonds is 6. The normalized spacial score (nSPS) is 10.4. The molecule has 7 nitrogen and oxygen atoms in total. The molecule has 3 rings (SSSR count). The molecular formula is C19H19N3O4S. The van der Waals surface area contributed by atoms with Crippen molar-refractivity contribution in [3.63, 3.8) is 0 Å². The average Bonchev–Trinajstić information content (AvgIpc) is 3.25. The molecule has 0 atom stereocenters. The molecule has 0 aliphatic rings. The van der Waals surface area contributed by atoms with Crippen molar-refractivity contribution in [3.8, 4) is 16.2 Å². The summed E-state index contributed by atoms with van der Waals surface area (Å²) in [5.41, 5.74) is 6.48. The minimum absolute atomic E-state index is 0.246. The quantitative estimate of drug-likeness (QED) is 0.601. The van der Waals surface area contributed by atoms with Gasteiger partial charge in [-0.2, -0.15) is 0 Å². The molecule has 0 bridgehead atoms. The van der Waals surface area contributed by atoms with E-state index in [1.165, 1.54) is 11.3 Å². The molecule has 2 heterocycles. The van der Waals surface area contributed by atoms with Gasteiger partial charge in [-0.3, -0.25) is 10.1 Å². The standard InChI is InChI=1S/C19H19N3O4S/c1-11-3-6-14(26-11)10-21-17(23)15-9-16(27-18(15)22-19(20)24)12-4-7-13(25-2)8-5-12/h3-9H,10H2,1-2H3,(H,21,23)(H3,20,22,24). The van der Waals surface area contributed by atoms with Gasteiger partial charge in [0, 0.05) is 4.88 Å². The summed E-state index contributed by atoms with van der Waals surface area (Å²) in [5, 5.41) is 5.70. The topological polar surface area (TPSA) is 107 Å². The highest BCUT2D eigenvalue weighted by Crippen LogP contribution is 2.36. The molecule has 0 saturated heterocycles. The molecule has 0 unspecified atom stereocenters. The zero-order valence-electron chi connectivity index (χ0n) is 14.9. The van der Waals surface area contributed by atoms with Crippen LogP contribution in [-0.4, -0.2) is 19.0 Å². The van der Waals surface area contributed by atoms with E-state index < -0.39 is 6.03 Å². The Bertz CT molecular complexity index is 960. The maximum atomic E-state index is 12.6. The first-order valence-corrected chi connectivity index (χ1v) is 8.96. The lowest BCUT2D eigenvalue weighted by molar-refractivity contribution is 0.0949. The fourth-order valence-corrected chi connectivity index (χ4v) is 3.57. The molecule has 0 radical (unpaired) electrons. The van der Waals surface area contributed by atoms with Crippen LogP contribution in [0.25, 0.3) is 10.4 Å². The Morgan fingerprint density at radius 1 is 1.19 bits per heavy atom. The van der Waals surface area contributed by atoms with E-state index in [0.29, 0.717) is 16.3 Å². The lowest BCUT2D eigenvalue weighted by Crippen LogP contribution is -2.25. The van der Waals surface area contributed by atoms with Gasteiger partial charge in [0.2, 0.25) is 0 Å². The summed E-state index contributed by atoms with van der Waals surface area (Å²) >= 11 is 1.27. The van der Waals surface area contributed by atoms with Crippen molar-refractivity contribution in [2.24, 2.45) is 5.73 Å². The fraction of sp³-hybridized carbons (Fsp3) is 0.158. The number of urea groups is 1. The highest BCUT2D eigenvalue weighted by atomic mass is 32.1. The number of nitrogens with two attached hydrogens (primary N) is 1. The molecule has 8 heteroatoms. The van der Waals surface area contributed by atoms with Crippen LogP contribution < -0.4 is 21.1 Å². The first-order valence-electron chi connectivity index (χ1n) is 8.14. The number of amides is 3. The average molecular weight is 385 g/mol. The van der Waals surface area contributed by atoms with Gasteiger partial charge in [-0.1, -0.05) is 0 Å². The zero-order valence-corrected chi connectivity index (χ0v) is 15.7. The highest BCUT2D eigenvalue weighted by molar-refractivity contribution is 7.20. The Hall–Kier alpha value is -3.26. The maximum absolute atomic E-state index is 12.6. The number of anilines is 1. The Morgan fingerprint density at radius 2 is 1.93 bits per heavy atom. The molecule has 1 aromatic carbocycles. The summed E-state index contributed by atoms with van der Waals surface area (Å²) in [6.07, 6.45) is 0. The van der Waals surface area contributed by atoms with Crippen LogP contribution in [0.4, 0.5) is 9.80 Å². The molecule has 0 fully saturated rings. The molecule has 3 aromatic rings. The second-order valence-corrected chi connectivity index (χ2v) is 6.82. The first-order chi connectivity index (χ1) is 13.0. The van der Waals surface area contributed by atoms with Crippen molar-refractivity contribution in [2.75, 3.05) is 12.4 Å². The van der Waals surface area contributed by atoms with Crippen LogP contribution in [0.5, 0.6) is 5.75 Å². The third kappa shape index (κ3) is 4.48. The van der Waals surface area contributed by atoms with E-state index in [-0.39, 0.29) is 12.5 Å². The number of furan rings is 1. The van der Waals surface area contributed by atoms with E-state index in [2.05, 4.69) is 10.6 Å². The van der Waals surface area contributed by atoms with Crippen molar-refractivity contribution in [1.82, 2.24) is 5.32 Å². The van der Waals surface area contributed by atoms with Gasteiger partial charge < -0.3 is 20.2 Å². The van der Waals surface area contributed by atoms with E-state index in [9.17, 15) is 9.59 Å². The summed E-state index contributed by atoms with van der Waals surface area (Å²) < 4.78 is 10.6. The van der Waals surface area contributed by atoms with Crippen LogP contribution in [-0.2, 0) is 6.54 Å². The van der Waals surface area contributed by atoms with E-state index in [1.807, 2.05) is 37.3 Å². The second-order valence-electron chi connectivity index (χ2n) is 5.77. The van der Waals surface area contributed by atoms with Crippen molar-refractivity contribution in [2.45, 2.75) is 13.5 Å². The second kappa shape index (κ2) is 7.96. The number of carbonyl (C=O) groups excluding carboxylic acids is 2. The SMILES string of the molecule is COc1ccc(-c2cc(C(=O)NCc3ccc(C)o3)c(NC(N)=O)s2)cc1. The molecule has 140 valence electrons. The van der Waals surface area contributed by atoms with Gasteiger partial charge in [-0.05, 0) is 55.0 Å². The number of primary amides is 1. The molecule has 0 spiro atoms. The van der Waals surface area contributed by atoms with Gasteiger partial charge in [0.15, 0.2) is 0 Å². The van der Waals surface area contributed by atoms with E-state index >= 15 is 0 Å². The lowest BCUT2D eigenvalue weighted by Gasteiger charge is -2.04. The van der Waals surface area contributed by atoms with Gasteiger partial charge in [0.25, 0.3) is 5.91 Å². The third-order valence-corrected chi connectivity index (χ3v) is 4.91. The summed E-state index contributed by atoms with van der Waals surface area (Å²) in [6.45, 7) is 2.08. The third-order valence-electron chi connectivity index (χ3n) is 3.81. The molecule has 4 N–H and O–H groups in total. The van der Waals surface area contributed by atoms with Crippen molar-refractivity contribution in [1.29, 1.82) is 0 Å². The van der Waals surface area contributed by atoms with E-state index in [4.69, 9.17) is 14.9 Å². The summed E-state index contributed by atoms with van der Waals surface area (Å²) in [7, 11) is 1.60. The predicted molar refractivity (Wildman–Crippen MR) is 104 cm³/mol. The monoisotopic (exact) mass is 385 g/mol. The number of ether oxygens (including phenoxy) is 1. The number of nitrogens with one attached hydrogen (secondary N) is 2. The van der Waals surface area contributed by atoms with Gasteiger partial charge in [0.05, 0.1) is 19.2 Å². The maximum Gasteiger partial charge on any atom is 0.317 e. The number of thiophene rings is 1. The van der Waals surface area contributed by atoms with Gasteiger partial charge in [0.1, 0.15) is 22.3 Å². The number of methoxy groups -OCH3 is 1. The van der Waals surface area contributed by atoms with Crippen LogP contribution in [0.3, 0.4) is 0 Å². The van der Waals surface area contributed by atoms with Gasteiger partial charge in [-0.15, -0.1) is 11.3 Å². The zero-order chi connectivity index (χ0) is 19.4. The minimum Gasteiger partial charge on any atom is -0.497 e. The fourth-order valence-electron chi connectivity index (χ4n) is 2.50. The molecule has 27 heavy (non-hydrogen) atoms. The van der Waals surface area contributed by atoms with Crippen LogP contribution in [0.1, 0.15) is 21.9 Å². The Balaban J connectivity index is 1.84. The van der Waals surface area contributed by atoms with Crippen molar-refractivity contribution >= 4 is 28.3 Å². The molecular weight excluding hydrogens is 366 g/mol. The molecule has 0 aliphatic heterocycles. The van der Waals surface area contributed by atoms with Crippen LogP contribution in [0, 0.1) is 6.92 Å². The van der Waals surface area contributed by atoms with Crippen molar-refractivity contribution < 1.29 is 18.7 Å². The van der Waals surface area contributed by atoms with Crippen LogP contribution in [0.15, 0.2) is 46.9 Å². The molecule has 0 saturated carbocycles. The smallest absolute Gasteiger partial charge is 0.317 e. The Labute approximate surface area is 160 Å². The number of aryl methyl sites for hydroxylation is 1. The number of hydrogen-bond donors (Lipinski definition) is 3. The number of carbonyl (C=O) groups is 2. The van der Waals surface area contributed by atoms with Gasteiger partial charge in [-0.25, -0.2) is 4.79 Å². The lowest BCUT2D eigenvalue weighted by atomic mass is 10.1. The molecule has 3 amide bonds. The van der Waals surface area contributed by atoms with Gasteiger partial charge >= 0.3 is 6.03 Å². The largest absolute Gasteiger partial charge is 0.497 e. The van der Waals surface area contributed by atoms with E-state index in [1.54, 1.807) is 19.2 Å². The highest BCUT2D eigenvalue weighted by Gasteiger charge is 2.18. The number of benzene rings is 1. The predicted octanol–water partition coefficient (Wildman–Crippen LogP) is 3.75. The minimum atomic E-state index is -0.728. The Morgan fingerprint density at radius 3 is 2.52 bits per heavy atom. The first kappa shape index (κ1) is 18.5. The summed E-state index contributed by atoms with van der Waals surface area (Å²) in [4.78, 5) is 24.7. The van der Waals surface area contributed by atoms with E-state index in [0.717, 1.165) is 22.0 Å². The molecule has 2 aromatic heterocycles. The Kier molecular flexibility index (Phi) is 5.46. The number of hydrogen-bond acceptors (Lipinski definition) is 5.